The van der Waals surface area contributed by atoms with Crippen molar-refractivity contribution in [3.05, 3.63) is 17.7 Å². The second kappa shape index (κ2) is 6.23. The summed E-state index contributed by atoms with van der Waals surface area (Å²) in [6.07, 6.45) is -1.24. The SMILES string of the molecule is COc1cc(C(=O)C(O)CN)cc(OC)c1OC. The zero-order valence-corrected chi connectivity index (χ0v) is 10.6. The van der Waals surface area contributed by atoms with Crippen molar-refractivity contribution in [2.24, 2.45) is 5.73 Å². The summed E-state index contributed by atoms with van der Waals surface area (Å²) in [6.45, 7) is -0.143. The van der Waals surface area contributed by atoms with Crippen molar-refractivity contribution in [3.8, 4) is 17.2 Å². The van der Waals surface area contributed by atoms with Gasteiger partial charge in [-0.1, -0.05) is 0 Å². The van der Waals surface area contributed by atoms with Crippen LogP contribution in [-0.4, -0.2) is 44.9 Å². The molecule has 0 amide bonds. The number of Topliss-reactive ketones (excluding diaryl/α,β-unsaturated/α-hetero) is 1. The molecular weight excluding hydrogens is 238 g/mol. The Morgan fingerprint density at radius 3 is 2.06 bits per heavy atom. The molecule has 0 bridgehead atoms. The van der Waals surface area contributed by atoms with Gasteiger partial charge in [0.2, 0.25) is 5.75 Å². The van der Waals surface area contributed by atoms with Crippen LogP contribution in [0.1, 0.15) is 10.4 Å². The molecule has 0 aromatic heterocycles. The van der Waals surface area contributed by atoms with Gasteiger partial charge in [0.05, 0.1) is 21.3 Å². The first-order valence-electron chi connectivity index (χ1n) is 5.31. The number of aliphatic hydroxyl groups is 1. The summed E-state index contributed by atoms with van der Waals surface area (Å²) in [4.78, 5) is 11.8. The van der Waals surface area contributed by atoms with Crippen LogP contribution in [0, 0.1) is 0 Å². The van der Waals surface area contributed by atoms with E-state index in [1.54, 1.807) is 0 Å². The number of carbonyl (C=O) groups is 1. The predicted molar refractivity (Wildman–Crippen MR) is 65.5 cm³/mol. The molecule has 0 aliphatic carbocycles. The van der Waals surface area contributed by atoms with Gasteiger partial charge in [-0.2, -0.15) is 0 Å². The minimum Gasteiger partial charge on any atom is -0.493 e. The van der Waals surface area contributed by atoms with Crippen molar-refractivity contribution >= 4 is 5.78 Å². The highest BCUT2D eigenvalue weighted by molar-refractivity contribution is 6.00. The van der Waals surface area contributed by atoms with E-state index in [1.807, 2.05) is 0 Å². The maximum atomic E-state index is 11.8. The number of hydrogen-bond donors (Lipinski definition) is 2. The molecule has 0 radical (unpaired) electrons. The Balaban J connectivity index is 3.27. The lowest BCUT2D eigenvalue weighted by molar-refractivity contribution is 0.0762. The van der Waals surface area contributed by atoms with Crippen molar-refractivity contribution in [3.63, 3.8) is 0 Å². The molecule has 6 heteroatoms. The number of aliphatic hydroxyl groups excluding tert-OH is 1. The average molecular weight is 255 g/mol. The van der Waals surface area contributed by atoms with E-state index in [0.29, 0.717) is 17.2 Å². The van der Waals surface area contributed by atoms with Gasteiger partial charge < -0.3 is 25.1 Å². The highest BCUT2D eigenvalue weighted by atomic mass is 16.5. The van der Waals surface area contributed by atoms with E-state index in [1.165, 1.54) is 33.5 Å². The smallest absolute Gasteiger partial charge is 0.203 e. The number of nitrogens with two attached hydrogens (primary N) is 1. The zero-order valence-electron chi connectivity index (χ0n) is 10.6. The molecule has 6 nitrogen and oxygen atoms in total. The third kappa shape index (κ3) is 2.72. The van der Waals surface area contributed by atoms with E-state index in [2.05, 4.69) is 0 Å². The van der Waals surface area contributed by atoms with Crippen LogP contribution in [0.15, 0.2) is 12.1 Å². The molecule has 100 valence electrons. The molecule has 0 saturated heterocycles. The van der Waals surface area contributed by atoms with E-state index in [0.717, 1.165) is 0 Å². The standard InChI is InChI=1S/C12H17NO5/c1-16-9-4-7(11(15)8(14)6-13)5-10(17-2)12(9)18-3/h4-5,8,14H,6,13H2,1-3H3. The number of hydrogen-bond acceptors (Lipinski definition) is 6. The maximum absolute atomic E-state index is 11.8. The third-order valence-corrected chi connectivity index (χ3v) is 2.48. The van der Waals surface area contributed by atoms with Crippen LogP contribution in [0.25, 0.3) is 0 Å². The molecule has 0 fully saturated rings. The lowest BCUT2D eigenvalue weighted by Crippen LogP contribution is -2.29. The Labute approximate surface area is 105 Å². The van der Waals surface area contributed by atoms with Crippen LogP contribution in [0.5, 0.6) is 17.2 Å². The fourth-order valence-corrected chi connectivity index (χ4v) is 1.52. The van der Waals surface area contributed by atoms with Gasteiger partial charge in [0.25, 0.3) is 0 Å². The number of rotatable bonds is 6. The van der Waals surface area contributed by atoms with E-state index in [4.69, 9.17) is 19.9 Å². The average Bonchev–Trinajstić information content (AvgIpc) is 2.43. The second-order valence-corrected chi connectivity index (χ2v) is 3.53. The molecule has 1 aromatic carbocycles. The van der Waals surface area contributed by atoms with Crippen LogP contribution >= 0.6 is 0 Å². The number of carbonyl (C=O) groups excluding carboxylic acids is 1. The molecule has 3 N–H and O–H groups in total. The molecule has 0 spiro atoms. The van der Waals surface area contributed by atoms with Crippen molar-refractivity contribution < 1.29 is 24.1 Å². The Morgan fingerprint density at radius 2 is 1.72 bits per heavy atom. The summed E-state index contributed by atoms with van der Waals surface area (Å²) >= 11 is 0. The maximum Gasteiger partial charge on any atom is 0.203 e. The molecule has 0 aliphatic heterocycles. The van der Waals surface area contributed by atoms with Gasteiger partial charge in [-0.15, -0.1) is 0 Å². The van der Waals surface area contributed by atoms with Crippen LogP contribution in [0.3, 0.4) is 0 Å². The fraction of sp³-hybridized carbons (Fsp3) is 0.417. The quantitative estimate of drug-likeness (QED) is 0.706. The molecule has 18 heavy (non-hydrogen) atoms. The Kier molecular flexibility index (Phi) is 4.94. The third-order valence-electron chi connectivity index (χ3n) is 2.48. The van der Waals surface area contributed by atoms with Gasteiger partial charge in [-0.25, -0.2) is 0 Å². The largest absolute Gasteiger partial charge is 0.493 e. The predicted octanol–water partition coefficient (Wildman–Crippen LogP) is 0.215. The highest BCUT2D eigenvalue weighted by Gasteiger charge is 2.20. The van der Waals surface area contributed by atoms with Gasteiger partial charge in [0.1, 0.15) is 6.10 Å². The Hall–Kier alpha value is -1.79. The molecule has 0 aliphatic rings. The normalized spacial score (nSPS) is 11.8. The fourth-order valence-electron chi connectivity index (χ4n) is 1.52. The molecule has 1 aromatic rings. The molecular formula is C12H17NO5. The first-order valence-corrected chi connectivity index (χ1v) is 5.31. The van der Waals surface area contributed by atoms with Crippen LogP contribution in [-0.2, 0) is 0 Å². The number of methoxy groups -OCH3 is 3. The molecule has 0 heterocycles. The number of ketones is 1. The summed E-state index contributed by atoms with van der Waals surface area (Å²) in [7, 11) is 4.37. The lowest BCUT2D eigenvalue weighted by atomic mass is 10.0. The summed E-state index contributed by atoms with van der Waals surface area (Å²) in [6, 6.07) is 2.95. The first-order chi connectivity index (χ1) is 8.58. The van der Waals surface area contributed by atoms with Gasteiger partial charge in [-0.3, -0.25) is 4.79 Å². The second-order valence-electron chi connectivity index (χ2n) is 3.53. The van der Waals surface area contributed by atoms with Gasteiger partial charge in [-0.05, 0) is 12.1 Å². The monoisotopic (exact) mass is 255 g/mol. The van der Waals surface area contributed by atoms with Crippen molar-refractivity contribution in [2.45, 2.75) is 6.10 Å². The van der Waals surface area contributed by atoms with E-state index < -0.39 is 11.9 Å². The topological polar surface area (TPSA) is 91.0 Å². The summed E-state index contributed by atoms with van der Waals surface area (Å²) in [5, 5.41) is 9.45. The van der Waals surface area contributed by atoms with Crippen molar-refractivity contribution in [1.29, 1.82) is 0 Å². The number of ether oxygens (including phenoxy) is 3. The summed E-state index contributed by atoms with van der Waals surface area (Å²) in [5.74, 6) is 0.601. The van der Waals surface area contributed by atoms with Gasteiger partial charge in [0, 0.05) is 12.1 Å². The minimum atomic E-state index is -1.24. The van der Waals surface area contributed by atoms with E-state index in [9.17, 15) is 9.90 Å². The Bertz CT molecular complexity index is 407. The minimum absolute atomic E-state index is 0.143. The lowest BCUT2D eigenvalue weighted by Gasteiger charge is -2.14. The van der Waals surface area contributed by atoms with Gasteiger partial charge in [0.15, 0.2) is 17.3 Å². The van der Waals surface area contributed by atoms with Gasteiger partial charge >= 0.3 is 0 Å². The zero-order chi connectivity index (χ0) is 13.7. The van der Waals surface area contributed by atoms with Crippen LogP contribution in [0.4, 0.5) is 0 Å². The van der Waals surface area contributed by atoms with E-state index >= 15 is 0 Å². The molecule has 1 unspecified atom stereocenters. The number of benzene rings is 1. The summed E-state index contributed by atoms with van der Waals surface area (Å²) in [5.41, 5.74) is 5.50. The molecule has 0 saturated carbocycles. The van der Waals surface area contributed by atoms with Crippen molar-refractivity contribution in [1.82, 2.24) is 0 Å². The van der Waals surface area contributed by atoms with Crippen LogP contribution in [0.2, 0.25) is 0 Å². The molecule has 1 rings (SSSR count). The highest BCUT2D eigenvalue weighted by Crippen LogP contribution is 2.38. The van der Waals surface area contributed by atoms with E-state index in [-0.39, 0.29) is 12.1 Å². The van der Waals surface area contributed by atoms with Crippen LogP contribution < -0.4 is 19.9 Å². The molecule has 1 atom stereocenters. The van der Waals surface area contributed by atoms with Crippen molar-refractivity contribution in [2.75, 3.05) is 27.9 Å². The first kappa shape index (κ1) is 14.3. The summed E-state index contributed by atoms with van der Waals surface area (Å²) < 4.78 is 15.4. The Morgan fingerprint density at radius 1 is 1.22 bits per heavy atom.